The van der Waals surface area contributed by atoms with E-state index in [9.17, 15) is 5.11 Å². The van der Waals surface area contributed by atoms with Crippen LogP contribution in [0.4, 0.5) is 0 Å². The Bertz CT molecular complexity index is 739. The third kappa shape index (κ3) is 3.58. The van der Waals surface area contributed by atoms with Crippen LogP contribution in [-0.2, 0) is 0 Å². The molecular formula is C29H46O. The van der Waals surface area contributed by atoms with E-state index in [0.717, 1.165) is 36.5 Å². The molecule has 3 fully saturated rings. The molecule has 1 heteroatoms. The van der Waals surface area contributed by atoms with Crippen LogP contribution in [0.1, 0.15) is 99.3 Å². The molecule has 4 aliphatic rings. The molecule has 0 aliphatic heterocycles. The molecule has 4 unspecified atom stereocenters. The summed E-state index contributed by atoms with van der Waals surface area (Å²) in [6.45, 7) is 14.6. The first-order chi connectivity index (χ1) is 14.2. The normalized spacial score (nSPS) is 42.2. The Morgan fingerprint density at radius 2 is 1.83 bits per heavy atom. The average molecular weight is 411 g/mol. The summed E-state index contributed by atoms with van der Waals surface area (Å²) < 4.78 is 0. The van der Waals surface area contributed by atoms with E-state index in [4.69, 9.17) is 0 Å². The molecule has 4 aliphatic carbocycles. The van der Waals surface area contributed by atoms with E-state index in [0.29, 0.717) is 16.7 Å². The molecule has 0 aromatic heterocycles. The molecule has 0 amide bonds. The van der Waals surface area contributed by atoms with Crippen LogP contribution < -0.4 is 0 Å². The van der Waals surface area contributed by atoms with Gasteiger partial charge in [-0.25, -0.2) is 0 Å². The van der Waals surface area contributed by atoms with Crippen molar-refractivity contribution in [2.45, 2.75) is 105 Å². The maximum absolute atomic E-state index is 10.2. The smallest absolute Gasteiger partial charge is 0.0578 e. The zero-order valence-corrected chi connectivity index (χ0v) is 20.5. The monoisotopic (exact) mass is 410 g/mol. The lowest BCUT2D eigenvalue weighted by atomic mass is 9.50. The Labute approximate surface area is 186 Å². The summed E-state index contributed by atoms with van der Waals surface area (Å²) in [6, 6.07) is 0. The molecule has 3 saturated carbocycles. The molecule has 168 valence electrons. The molecule has 7 atom stereocenters. The summed E-state index contributed by atoms with van der Waals surface area (Å²) in [5.74, 6) is 3.90. The second-order valence-corrected chi connectivity index (χ2v) is 12.0. The van der Waals surface area contributed by atoms with Gasteiger partial charge in [-0.05, 0) is 105 Å². The van der Waals surface area contributed by atoms with Crippen LogP contribution in [0.15, 0.2) is 34.9 Å². The van der Waals surface area contributed by atoms with Crippen LogP contribution in [0, 0.1) is 40.4 Å². The number of rotatable bonds is 5. The van der Waals surface area contributed by atoms with E-state index < -0.39 is 0 Å². The fourth-order valence-electron chi connectivity index (χ4n) is 8.32. The Kier molecular flexibility index (Phi) is 6.17. The standard InChI is InChI=1S/C29H46O/c1-7-21(19(2)3)9-8-20(4)25-12-13-26-24-11-10-22-18-23(30)14-16-28(22,5)27(24)15-17-29(25,26)6/h7,10-11,19-20,23,25-27,30H,8-9,12-18H2,1-6H3/b21-7-/t20?,23-,25?,26?,27?,28-,29+/m0/s1. The number of hydrogen-bond donors (Lipinski definition) is 1. The topological polar surface area (TPSA) is 20.2 Å². The minimum Gasteiger partial charge on any atom is -0.393 e. The van der Waals surface area contributed by atoms with Gasteiger partial charge in [0.1, 0.15) is 0 Å². The van der Waals surface area contributed by atoms with Crippen LogP contribution >= 0.6 is 0 Å². The maximum atomic E-state index is 10.2. The van der Waals surface area contributed by atoms with Gasteiger partial charge in [-0.2, -0.15) is 0 Å². The summed E-state index contributed by atoms with van der Waals surface area (Å²) in [7, 11) is 0. The van der Waals surface area contributed by atoms with E-state index >= 15 is 0 Å². The molecule has 30 heavy (non-hydrogen) atoms. The van der Waals surface area contributed by atoms with Gasteiger partial charge < -0.3 is 5.11 Å². The molecule has 1 N–H and O–H groups in total. The highest BCUT2D eigenvalue weighted by Gasteiger charge is 2.56. The van der Waals surface area contributed by atoms with Crippen molar-refractivity contribution in [2.24, 2.45) is 40.4 Å². The first-order valence-corrected chi connectivity index (χ1v) is 12.9. The van der Waals surface area contributed by atoms with Crippen molar-refractivity contribution >= 4 is 0 Å². The van der Waals surface area contributed by atoms with Gasteiger partial charge in [0.25, 0.3) is 0 Å². The van der Waals surface area contributed by atoms with Crippen molar-refractivity contribution in [2.75, 3.05) is 0 Å². The van der Waals surface area contributed by atoms with Crippen molar-refractivity contribution < 1.29 is 5.11 Å². The number of aliphatic hydroxyl groups excluding tert-OH is 1. The second kappa shape index (κ2) is 8.27. The van der Waals surface area contributed by atoms with E-state index in [1.807, 2.05) is 0 Å². The van der Waals surface area contributed by atoms with Gasteiger partial charge in [-0.3, -0.25) is 0 Å². The van der Waals surface area contributed by atoms with E-state index in [2.05, 4.69) is 59.8 Å². The third-order valence-corrected chi connectivity index (χ3v) is 10.3. The van der Waals surface area contributed by atoms with Gasteiger partial charge in [-0.15, -0.1) is 0 Å². The summed E-state index contributed by atoms with van der Waals surface area (Å²) in [5, 5.41) is 10.2. The van der Waals surface area contributed by atoms with Gasteiger partial charge in [0.2, 0.25) is 0 Å². The average Bonchev–Trinajstić information content (AvgIpc) is 3.06. The maximum Gasteiger partial charge on any atom is 0.0578 e. The number of aliphatic hydroxyl groups is 1. The second-order valence-electron chi connectivity index (χ2n) is 12.0. The molecule has 0 spiro atoms. The van der Waals surface area contributed by atoms with Crippen molar-refractivity contribution in [1.82, 2.24) is 0 Å². The summed E-state index contributed by atoms with van der Waals surface area (Å²) >= 11 is 0. The summed E-state index contributed by atoms with van der Waals surface area (Å²) in [4.78, 5) is 0. The lowest BCUT2D eigenvalue weighted by Gasteiger charge is -2.55. The summed E-state index contributed by atoms with van der Waals surface area (Å²) in [5.41, 5.74) is 5.77. The van der Waals surface area contributed by atoms with Gasteiger partial charge in [0.05, 0.1) is 6.10 Å². The number of fused-ring (bicyclic) bond motifs is 5. The Hall–Kier alpha value is -0.820. The first-order valence-electron chi connectivity index (χ1n) is 12.9. The lowest BCUT2D eigenvalue weighted by molar-refractivity contribution is 0.0326. The van der Waals surface area contributed by atoms with E-state index in [1.54, 1.807) is 11.1 Å². The van der Waals surface area contributed by atoms with E-state index in [1.165, 1.54) is 50.5 Å². The van der Waals surface area contributed by atoms with Crippen LogP contribution in [0.5, 0.6) is 0 Å². The Morgan fingerprint density at radius 1 is 1.07 bits per heavy atom. The fraction of sp³-hybridized carbons (Fsp3) is 0.793. The van der Waals surface area contributed by atoms with Gasteiger partial charge >= 0.3 is 0 Å². The predicted octanol–water partition coefficient (Wildman–Crippen LogP) is 7.87. The predicted molar refractivity (Wildman–Crippen MR) is 128 cm³/mol. The van der Waals surface area contributed by atoms with Gasteiger partial charge in [-0.1, -0.05) is 69.6 Å². The molecular weight excluding hydrogens is 364 g/mol. The quantitative estimate of drug-likeness (QED) is 0.457. The van der Waals surface area contributed by atoms with Crippen LogP contribution in [-0.4, -0.2) is 11.2 Å². The molecule has 0 heterocycles. The first kappa shape index (κ1) is 22.4. The number of allylic oxidation sites excluding steroid dienone is 5. The lowest BCUT2D eigenvalue weighted by Crippen LogP contribution is -2.46. The molecule has 0 saturated heterocycles. The molecule has 0 radical (unpaired) electrons. The zero-order valence-electron chi connectivity index (χ0n) is 20.5. The SMILES string of the molecule is C/C=C(/CCC(C)C1CCC2C3=CC=C4C[C@@H](O)CC[C@]4(C)C3CC[C@@]21C)C(C)C. The van der Waals surface area contributed by atoms with Gasteiger partial charge in [0.15, 0.2) is 0 Å². The zero-order chi connectivity index (χ0) is 21.7. The van der Waals surface area contributed by atoms with Crippen molar-refractivity contribution in [1.29, 1.82) is 0 Å². The Morgan fingerprint density at radius 3 is 2.53 bits per heavy atom. The van der Waals surface area contributed by atoms with E-state index in [-0.39, 0.29) is 6.10 Å². The molecule has 0 aromatic carbocycles. The highest BCUT2D eigenvalue weighted by atomic mass is 16.3. The van der Waals surface area contributed by atoms with Gasteiger partial charge in [0, 0.05) is 0 Å². The fourth-order valence-corrected chi connectivity index (χ4v) is 8.32. The van der Waals surface area contributed by atoms with Crippen LogP contribution in [0.2, 0.25) is 0 Å². The molecule has 0 bridgehead atoms. The van der Waals surface area contributed by atoms with Crippen molar-refractivity contribution in [3.8, 4) is 0 Å². The minimum absolute atomic E-state index is 0.113. The highest BCUT2D eigenvalue weighted by Crippen LogP contribution is 2.66. The minimum atomic E-state index is -0.113. The Balaban J connectivity index is 1.52. The van der Waals surface area contributed by atoms with Crippen LogP contribution in [0.3, 0.4) is 0 Å². The van der Waals surface area contributed by atoms with Crippen LogP contribution in [0.25, 0.3) is 0 Å². The largest absolute Gasteiger partial charge is 0.393 e. The molecule has 0 aromatic rings. The van der Waals surface area contributed by atoms with Crippen molar-refractivity contribution in [3.05, 3.63) is 34.9 Å². The third-order valence-electron chi connectivity index (χ3n) is 10.3. The number of hydrogen-bond acceptors (Lipinski definition) is 1. The summed E-state index contributed by atoms with van der Waals surface area (Å²) in [6.07, 6.45) is 18.5. The van der Waals surface area contributed by atoms with Crippen molar-refractivity contribution in [3.63, 3.8) is 0 Å². The molecule has 4 rings (SSSR count). The highest BCUT2D eigenvalue weighted by molar-refractivity contribution is 5.38. The molecule has 1 nitrogen and oxygen atoms in total.